The molecule has 0 spiro atoms. The zero-order valence-electron chi connectivity index (χ0n) is 10.6. The van der Waals surface area contributed by atoms with Crippen molar-refractivity contribution in [1.82, 2.24) is 4.31 Å². The van der Waals surface area contributed by atoms with Gasteiger partial charge in [-0.2, -0.15) is 4.31 Å². The van der Waals surface area contributed by atoms with Gasteiger partial charge in [-0.15, -0.1) is 0 Å². The number of sulfonamides is 1. The van der Waals surface area contributed by atoms with Crippen molar-refractivity contribution in [2.45, 2.75) is 24.7 Å². The third-order valence-corrected chi connectivity index (χ3v) is 6.95. The minimum absolute atomic E-state index is 0.254. The van der Waals surface area contributed by atoms with Crippen LogP contribution in [0.3, 0.4) is 0 Å². The Morgan fingerprint density at radius 1 is 1.32 bits per heavy atom. The van der Waals surface area contributed by atoms with E-state index in [0.717, 1.165) is 12.8 Å². The summed E-state index contributed by atoms with van der Waals surface area (Å²) in [5.74, 6) is 0.515. The molecule has 1 saturated carbocycles. The summed E-state index contributed by atoms with van der Waals surface area (Å²) in [5, 5.41) is 0. The lowest BCUT2D eigenvalue weighted by Crippen LogP contribution is -2.33. The second kappa shape index (κ2) is 5.71. The Balaban J connectivity index is 2.42. The molecule has 2 N–H and O–H groups in total. The van der Waals surface area contributed by atoms with E-state index in [2.05, 4.69) is 31.9 Å². The van der Waals surface area contributed by atoms with Crippen molar-refractivity contribution in [3.63, 3.8) is 0 Å². The van der Waals surface area contributed by atoms with Crippen LogP contribution in [0.1, 0.15) is 19.8 Å². The first-order valence-corrected chi connectivity index (χ1v) is 9.13. The molecule has 0 heterocycles. The van der Waals surface area contributed by atoms with Crippen LogP contribution in [0, 0.1) is 5.92 Å². The second-order valence-electron chi connectivity index (χ2n) is 4.71. The lowest BCUT2D eigenvalue weighted by atomic mass is 10.3. The van der Waals surface area contributed by atoms with E-state index < -0.39 is 10.0 Å². The number of benzene rings is 1. The number of hydrogen-bond donors (Lipinski definition) is 1. The van der Waals surface area contributed by atoms with Gasteiger partial charge < -0.3 is 5.73 Å². The molecule has 1 aromatic carbocycles. The zero-order chi connectivity index (χ0) is 14.2. The predicted molar refractivity (Wildman–Crippen MR) is 83.4 cm³/mol. The van der Waals surface area contributed by atoms with Crippen LogP contribution in [0.2, 0.25) is 0 Å². The van der Waals surface area contributed by atoms with E-state index in [0.29, 0.717) is 33.6 Å². The summed E-state index contributed by atoms with van der Waals surface area (Å²) in [7, 11) is -3.50. The summed E-state index contributed by atoms with van der Waals surface area (Å²) >= 11 is 6.59. The highest BCUT2D eigenvalue weighted by molar-refractivity contribution is 9.11. The molecule has 1 aliphatic rings. The highest BCUT2D eigenvalue weighted by Crippen LogP contribution is 2.36. The Hall–Kier alpha value is -0.110. The molecule has 106 valence electrons. The van der Waals surface area contributed by atoms with Crippen molar-refractivity contribution < 1.29 is 8.42 Å². The summed E-state index contributed by atoms with van der Waals surface area (Å²) in [6, 6.07) is 3.23. The van der Waals surface area contributed by atoms with E-state index in [1.807, 2.05) is 6.92 Å². The number of hydrogen-bond acceptors (Lipinski definition) is 3. The van der Waals surface area contributed by atoms with Crippen LogP contribution in [0.5, 0.6) is 0 Å². The van der Waals surface area contributed by atoms with Crippen LogP contribution < -0.4 is 5.73 Å². The number of rotatable bonds is 5. The van der Waals surface area contributed by atoms with Gasteiger partial charge in [0.2, 0.25) is 10.0 Å². The van der Waals surface area contributed by atoms with Crippen LogP contribution in [0.25, 0.3) is 0 Å². The van der Waals surface area contributed by atoms with Crippen molar-refractivity contribution in [3.05, 3.63) is 21.1 Å². The fraction of sp³-hybridized carbons (Fsp3) is 0.500. The van der Waals surface area contributed by atoms with Gasteiger partial charge >= 0.3 is 0 Å². The van der Waals surface area contributed by atoms with E-state index in [1.54, 1.807) is 12.1 Å². The van der Waals surface area contributed by atoms with Crippen LogP contribution in [-0.4, -0.2) is 25.8 Å². The molecule has 2 rings (SSSR count). The van der Waals surface area contributed by atoms with Gasteiger partial charge in [-0.3, -0.25) is 0 Å². The van der Waals surface area contributed by atoms with E-state index in [1.165, 1.54) is 4.31 Å². The van der Waals surface area contributed by atoms with Gasteiger partial charge in [-0.25, -0.2) is 8.42 Å². The Morgan fingerprint density at radius 3 is 2.26 bits per heavy atom. The van der Waals surface area contributed by atoms with Crippen molar-refractivity contribution in [2.24, 2.45) is 5.92 Å². The standard InChI is InChI=1S/C12H16Br2N2O2S/c1-2-16(7-8-3-4-8)19(17,18)12-10(13)5-9(15)6-11(12)14/h5-6,8H,2-4,7,15H2,1H3. The maximum atomic E-state index is 12.7. The molecule has 0 unspecified atom stereocenters. The quantitative estimate of drug-likeness (QED) is 0.756. The van der Waals surface area contributed by atoms with E-state index in [4.69, 9.17) is 5.73 Å². The third-order valence-electron chi connectivity index (χ3n) is 3.13. The van der Waals surface area contributed by atoms with Crippen LogP contribution in [0.15, 0.2) is 26.0 Å². The molecule has 0 bridgehead atoms. The first-order chi connectivity index (χ1) is 8.86. The smallest absolute Gasteiger partial charge is 0.245 e. The van der Waals surface area contributed by atoms with Crippen molar-refractivity contribution in [3.8, 4) is 0 Å². The number of anilines is 1. The summed E-state index contributed by atoms with van der Waals surface area (Å²) in [4.78, 5) is 0.254. The topological polar surface area (TPSA) is 63.4 Å². The van der Waals surface area contributed by atoms with Crippen molar-refractivity contribution >= 4 is 47.6 Å². The maximum Gasteiger partial charge on any atom is 0.245 e. The summed E-state index contributed by atoms with van der Waals surface area (Å²) in [6.45, 7) is 2.93. The SMILES string of the molecule is CCN(CC1CC1)S(=O)(=O)c1c(Br)cc(N)cc1Br. The molecule has 1 aliphatic carbocycles. The van der Waals surface area contributed by atoms with E-state index in [9.17, 15) is 8.42 Å². The largest absolute Gasteiger partial charge is 0.399 e. The fourth-order valence-electron chi connectivity index (χ4n) is 1.94. The highest BCUT2D eigenvalue weighted by Gasteiger charge is 2.33. The van der Waals surface area contributed by atoms with Gasteiger partial charge in [0, 0.05) is 27.7 Å². The van der Waals surface area contributed by atoms with Gasteiger partial charge in [-0.05, 0) is 62.8 Å². The van der Waals surface area contributed by atoms with Gasteiger partial charge in [0.25, 0.3) is 0 Å². The molecule has 1 aromatic rings. The second-order valence-corrected chi connectivity index (χ2v) is 8.30. The minimum Gasteiger partial charge on any atom is -0.399 e. The average molecular weight is 412 g/mol. The van der Waals surface area contributed by atoms with Gasteiger partial charge in [0.15, 0.2) is 0 Å². The third kappa shape index (κ3) is 3.32. The van der Waals surface area contributed by atoms with Crippen LogP contribution in [-0.2, 0) is 10.0 Å². The monoisotopic (exact) mass is 410 g/mol. The maximum absolute atomic E-state index is 12.7. The Labute approximate surface area is 130 Å². The normalized spacial score (nSPS) is 16.0. The van der Waals surface area contributed by atoms with Crippen LogP contribution >= 0.6 is 31.9 Å². The van der Waals surface area contributed by atoms with E-state index in [-0.39, 0.29) is 4.90 Å². The first kappa shape index (κ1) is 15.3. The molecule has 0 saturated heterocycles. The molecule has 0 aliphatic heterocycles. The number of nitrogens with two attached hydrogens (primary N) is 1. The molecule has 0 radical (unpaired) electrons. The molecule has 1 fully saturated rings. The molecular formula is C12H16Br2N2O2S. The van der Waals surface area contributed by atoms with Gasteiger partial charge in [-0.1, -0.05) is 6.92 Å². The first-order valence-electron chi connectivity index (χ1n) is 6.11. The molecular weight excluding hydrogens is 396 g/mol. The lowest BCUT2D eigenvalue weighted by molar-refractivity contribution is 0.411. The fourth-order valence-corrected chi connectivity index (χ4v) is 6.01. The molecule has 0 amide bonds. The van der Waals surface area contributed by atoms with Crippen LogP contribution in [0.4, 0.5) is 5.69 Å². The highest BCUT2D eigenvalue weighted by atomic mass is 79.9. The average Bonchev–Trinajstić information content (AvgIpc) is 3.07. The Morgan fingerprint density at radius 2 is 1.84 bits per heavy atom. The number of halogens is 2. The minimum atomic E-state index is -3.50. The Bertz CT molecular complexity index is 562. The summed E-state index contributed by atoms with van der Waals surface area (Å²) in [6.07, 6.45) is 2.24. The number of nitrogen functional groups attached to an aromatic ring is 1. The zero-order valence-corrected chi connectivity index (χ0v) is 14.6. The van der Waals surface area contributed by atoms with Gasteiger partial charge in [0.05, 0.1) is 0 Å². The molecule has 7 heteroatoms. The predicted octanol–water partition coefficient (Wildman–Crippen LogP) is 3.21. The summed E-state index contributed by atoms with van der Waals surface area (Å²) < 4.78 is 27.9. The molecule has 4 nitrogen and oxygen atoms in total. The van der Waals surface area contributed by atoms with Crippen molar-refractivity contribution in [2.75, 3.05) is 18.8 Å². The van der Waals surface area contributed by atoms with E-state index >= 15 is 0 Å². The molecule has 19 heavy (non-hydrogen) atoms. The van der Waals surface area contributed by atoms with Gasteiger partial charge in [0.1, 0.15) is 4.90 Å². The molecule has 0 atom stereocenters. The summed E-state index contributed by atoms with van der Waals surface area (Å²) in [5.41, 5.74) is 6.22. The Kier molecular flexibility index (Phi) is 4.59. The van der Waals surface area contributed by atoms with Crippen molar-refractivity contribution in [1.29, 1.82) is 0 Å². The molecule has 0 aromatic heterocycles. The lowest BCUT2D eigenvalue weighted by Gasteiger charge is -2.22. The number of nitrogens with zero attached hydrogens (tertiary/aromatic N) is 1.